The Hall–Kier alpha value is -1.70. The second kappa shape index (κ2) is 6.29. The number of aromatic nitrogens is 1. The first-order valence-electron chi connectivity index (χ1n) is 6.18. The molecule has 2 nitrogen and oxygen atoms in total. The lowest BCUT2D eigenvalue weighted by molar-refractivity contribution is 0.0980. The van der Waals surface area contributed by atoms with Crippen LogP contribution in [0.5, 0.6) is 0 Å². The van der Waals surface area contributed by atoms with Crippen molar-refractivity contribution in [3.8, 4) is 0 Å². The SMILES string of the molecule is C.CCCC(=O)c1cc2ccccc2nc1CC. The number of pyridine rings is 1. The summed E-state index contributed by atoms with van der Waals surface area (Å²) in [6.07, 6.45) is 2.29. The van der Waals surface area contributed by atoms with Crippen molar-refractivity contribution in [2.24, 2.45) is 0 Å². The van der Waals surface area contributed by atoms with E-state index in [-0.39, 0.29) is 13.2 Å². The van der Waals surface area contributed by atoms with Gasteiger partial charge < -0.3 is 0 Å². The van der Waals surface area contributed by atoms with Crippen LogP contribution in [0.1, 0.15) is 50.2 Å². The molecular formula is C16H21NO. The lowest BCUT2D eigenvalue weighted by Crippen LogP contribution is -2.05. The van der Waals surface area contributed by atoms with Crippen LogP contribution < -0.4 is 0 Å². The van der Waals surface area contributed by atoms with Gasteiger partial charge in [-0.25, -0.2) is 0 Å². The smallest absolute Gasteiger partial charge is 0.164 e. The number of carbonyl (C=O) groups is 1. The van der Waals surface area contributed by atoms with Gasteiger partial charge in [-0.1, -0.05) is 39.5 Å². The quantitative estimate of drug-likeness (QED) is 0.744. The Kier molecular flexibility index (Phi) is 5.02. The van der Waals surface area contributed by atoms with Crippen LogP contribution in [0.3, 0.4) is 0 Å². The molecule has 2 aromatic rings. The molecular weight excluding hydrogens is 222 g/mol. The number of benzene rings is 1. The summed E-state index contributed by atoms with van der Waals surface area (Å²) in [4.78, 5) is 16.6. The molecule has 1 aromatic heterocycles. The number of ketones is 1. The third kappa shape index (κ3) is 2.76. The molecule has 1 aromatic carbocycles. The normalized spacial score (nSPS) is 10.1. The highest BCUT2D eigenvalue weighted by atomic mass is 16.1. The Morgan fingerprint density at radius 2 is 1.94 bits per heavy atom. The zero-order valence-electron chi connectivity index (χ0n) is 10.4. The lowest BCUT2D eigenvalue weighted by atomic mass is 10.0. The summed E-state index contributed by atoms with van der Waals surface area (Å²) in [5.41, 5.74) is 2.69. The van der Waals surface area contributed by atoms with Gasteiger partial charge in [0.1, 0.15) is 0 Å². The van der Waals surface area contributed by atoms with E-state index >= 15 is 0 Å². The first kappa shape index (κ1) is 14.4. The Bertz CT molecular complexity index is 546. The lowest BCUT2D eigenvalue weighted by Gasteiger charge is -2.07. The van der Waals surface area contributed by atoms with E-state index in [1.54, 1.807) is 0 Å². The van der Waals surface area contributed by atoms with E-state index in [0.717, 1.165) is 35.0 Å². The molecule has 1 heterocycles. The number of fused-ring (bicyclic) bond motifs is 1. The highest BCUT2D eigenvalue weighted by Gasteiger charge is 2.12. The number of para-hydroxylation sites is 1. The van der Waals surface area contributed by atoms with Crippen molar-refractivity contribution in [3.05, 3.63) is 41.6 Å². The Labute approximate surface area is 109 Å². The molecule has 0 N–H and O–H groups in total. The minimum absolute atomic E-state index is 0. The van der Waals surface area contributed by atoms with Crippen molar-refractivity contribution >= 4 is 16.7 Å². The molecule has 18 heavy (non-hydrogen) atoms. The molecule has 0 saturated carbocycles. The molecule has 0 atom stereocenters. The molecule has 0 radical (unpaired) electrons. The summed E-state index contributed by atoms with van der Waals surface area (Å²) >= 11 is 0. The summed E-state index contributed by atoms with van der Waals surface area (Å²) in [6.45, 7) is 4.07. The van der Waals surface area contributed by atoms with Crippen molar-refractivity contribution < 1.29 is 4.79 Å². The second-order valence-electron chi connectivity index (χ2n) is 4.20. The second-order valence-corrected chi connectivity index (χ2v) is 4.20. The summed E-state index contributed by atoms with van der Waals surface area (Å²) in [5.74, 6) is 0.211. The zero-order valence-corrected chi connectivity index (χ0v) is 10.4. The van der Waals surface area contributed by atoms with Crippen molar-refractivity contribution in [3.63, 3.8) is 0 Å². The van der Waals surface area contributed by atoms with Gasteiger partial charge in [0, 0.05) is 17.4 Å². The fraction of sp³-hybridized carbons (Fsp3) is 0.375. The average Bonchev–Trinajstić information content (AvgIpc) is 2.37. The number of aryl methyl sites for hydroxylation is 1. The zero-order chi connectivity index (χ0) is 12.3. The van der Waals surface area contributed by atoms with E-state index < -0.39 is 0 Å². The van der Waals surface area contributed by atoms with E-state index in [9.17, 15) is 4.79 Å². The first-order valence-corrected chi connectivity index (χ1v) is 6.18. The monoisotopic (exact) mass is 243 g/mol. The van der Waals surface area contributed by atoms with Crippen molar-refractivity contribution in [1.82, 2.24) is 4.98 Å². The molecule has 0 aliphatic carbocycles. The number of carbonyl (C=O) groups excluding carboxylic acids is 1. The van der Waals surface area contributed by atoms with Gasteiger partial charge in [-0.15, -0.1) is 0 Å². The largest absolute Gasteiger partial charge is 0.294 e. The third-order valence-electron chi connectivity index (χ3n) is 2.92. The maximum Gasteiger partial charge on any atom is 0.164 e. The average molecular weight is 243 g/mol. The van der Waals surface area contributed by atoms with Crippen LogP contribution in [0.2, 0.25) is 0 Å². The number of Topliss-reactive ketones (excluding diaryl/α,β-unsaturated/α-hetero) is 1. The van der Waals surface area contributed by atoms with Gasteiger partial charge in [-0.2, -0.15) is 0 Å². The summed E-state index contributed by atoms with van der Waals surface area (Å²) in [5, 5.41) is 1.05. The number of hydrogen-bond donors (Lipinski definition) is 0. The highest BCUT2D eigenvalue weighted by Crippen LogP contribution is 2.19. The molecule has 0 saturated heterocycles. The van der Waals surface area contributed by atoms with E-state index in [2.05, 4.69) is 4.98 Å². The van der Waals surface area contributed by atoms with Gasteiger partial charge in [0.25, 0.3) is 0 Å². The van der Waals surface area contributed by atoms with Crippen LogP contribution in [0.15, 0.2) is 30.3 Å². The molecule has 0 fully saturated rings. The first-order chi connectivity index (χ1) is 8.26. The van der Waals surface area contributed by atoms with E-state index in [0.29, 0.717) is 6.42 Å². The van der Waals surface area contributed by atoms with E-state index in [1.165, 1.54) is 0 Å². The van der Waals surface area contributed by atoms with Gasteiger partial charge in [-0.3, -0.25) is 9.78 Å². The van der Waals surface area contributed by atoms with Gasteiger partial charge in [0.05, 0.1) is 11.2 Å². The molecule has 0 amide bonds. The molecule has 2 rings (SSSR count). The van der Waals surface area contributed by atoms with Crippen LogP contribution in [0, 0.1) is 0 Å². The predicted octanol–water partition coefficient (Wildman–Crippen LogP) is 4.42. The van der Waals surface area contributed by atoms with E-state index in [1.807, 2.05) is 44.2 Å². The summed E-state index contributed by atoms with van der Waals surface area (Å²) in [7, 11) is 0. The number of rotatable bonds is 4. The van der Waals surface area contributed by atoms with Crippen molar-refractivity contribution in [1.29, 1.82) is 0 Å². The molecule has 96 valence electrons. The van der Waals surface area contributed by atoms with Crippen LogP contribution in [-0.2, 0) is 6.42 Å². The molecule has 0 aliphatic heterocycles. The van der Waals surface area contributed by atoms with Crippen LogP contribution in [0.25, 0.3) is 10.9 Å². The molecule has 0 unspecified atom stereocenters. The predicted molar refractivity (Wildman–Crippen MR) is 77.1 cm³/mol. The van der Waals surface area contributed by atoms with Crippen molar-refractivity contribution in [2.45, 2.75) is 40.5 Å². The van der Waals surface area contributed by atoms with E-state index in [4.69, 9.17) is 0 Å². The Balaban J connectivity index is 0.00000162. The summed E-state index contributed by atoms with van der Waals surface area (Å²) < 4.78 is 0. The Morgan fingerprint density at radius 3 is 2.61 bits per heavy atom. The highest BCUT2D eigenvalue weighted by molar-refractivity contribution is 6.00. The number of nitrogens with zero attached hydrogens (tertiary/aromatic N) is 1. The third-order valence-corrected chi connectivity index (χ3v) is 2.92. The minimum atomic E-state index is 0. The fourth-order valence-corrected chi connectivity index (χ4v) is 2.03. The molecule has 0 bridgehead atoms. The number of hydrogen-bond acceptors (Lipinski definition) is 2. The summed E-state index contributed by atoms with van der Waals surface area (Å²) in [6, 6.07) is 9.93. The minimum Gasteiger partial charge on any atom is -0.294 e. The Morgan fingerprint density at radius 1 is 1.22 bits per heavy atom. The fourth-order valence-electron chi connectivity index (χ4n) is 2.03. The van der Waals surface area contributed by atoms with Gasteiger partial charge >= 0.3 is 0 Å². The van der Waals surface area contributed by atoms with Crippen LogP contribution in [0.4, 0.5) is 0 Å². The van der Waals surface area contributed by atoms with Crippen LogP contribution >= 0.6 is 0 Å². The maximum absolute atomic E-state index is 12.0. The topological polar surface area (TPSA) is 30.0 Å². The maximum atomic E-state index is 12.0. The van der Waals surface area contributed by atoms with Gasteiger partial charge in [0.2, 0.25) is 0 Å². The molecule has 0 spiro atoms. The van der Waals surface area contributed by atoms with Gasteiger partial charge in [0.15, 0.2) is 5.78 Å². The van der Waals surface area contributed by atoms with Crippen molar-refractivity contribution in [2.75, 3.05) is 0 Å². The standard InChI is InChI=1S/C15H17NO.CH4/c1-3-7-15(17)12-10-11-8-5-6-9-14(11)16-13(12)4-2;/h5-6,8-10H,3-4,7H2,1-2H3;1H4. The molecule has 0 aliphatic rings. The van der Waals surface area contributed by atoms with Gasteiger partial charge in [-0.05, 0) is 25.0 Å². The molecule has 2 heteroatoms. The van der Waals surface area contributed by atoms with Crippen LogP contribution in [-0.4, -0.2) is 10.8 Å².